The van der Waals surface area contributed by atoms with Crippen LogP contribution in [0.15, 0.2) is 42.6 Å². The van der Waals surface area contributed by atoms with Gasteiger partial charge in [-0.25, -0.2) is 0 Å². The van der Waals surface area contributed by atoms with Crippen molar-refractivity contribution in [2.24, 2.45) is 5.92 Å². The minimum Gasteiger partial charge on any atom is -0.354 e. The van der Waals surface area contributed by atoms with Gasteiger partial charge in [0.05, 0.1) is 18.5 Å². The monoisotopic (exact) mass is 252 g/mol. The fraction of sp³-hybridized carbons (Fsp3) is 0.333. The van der Waals surface area contributed by atoms with Crippen LogP contribution in [0, 0.1) is 17.2 Å². The molecule has 1 atom stereocenters. The van der Waals surface area contributed by atoms with Gasteiger partial charge < -0.3 is 4.90 Å². The van der Waals surface area contributed by atoms with Crippen molar-refractivity contribution in [3.05, 3.63) is 48.2 Å². The van der Waals surface area contributed by atoms with Gasteiger partial charge in [0.25, 0.3) is 0 Å². The van der Waals surface area contributed by atoms with E-state index in [9.17, 15) is 0 Å². The van der Waals surface area contributed by atoms with Gasteiger partial charge in [-0.05, 0) is 12.0 Å². The quantitative estimate of drug-likeness (QED) is 0.841. The summed E-state index contributed by atoms with van der Waals surface area (Å²) in [5.74, 6) is 1.13. The van der Waals surface area contributed by atoms with Crippen molar-refractivity contribution in [1.82, 2.24) is 9.78 Å². The summed E-state index contributed by atoms with van der Waals surface area (Å²) in [7, 11) is 0. The topological polar surface area (TPSA) is 44.9 Å². The van der Waals surface area contributed by atoms with Crippen LogP contribution in [0.4, 0.5) is 5.82 Å². The maximum atomic E-state index is 8.93. The fourth-order valence-electron chi connectivity index (χ4n) is 2.45. The van der Waals surface area contributed by atoms with E-state index in [-0.39, 0.29) is 5.92 Å². The maximum absolute atomic E-state index is 8.93. The van der Waals surface area contributed by atoms with Crippen LogP contribution in [0.2, 0.25) is 0 Å². The first-order valence-electron chi connectivity index (χ1n) is 6.57. The number of hydrogen-bond acceptors (Lipinski definition) is 3. The lowest BCUT2D eigenvalue weighted by atomic mass is 10.1. The number of aromatic nitrogens is 2. The zero-order valence-corrected chi connectivity index (χ0v) is 10.7. The summed E-state index contributed by atoms with van der Waals surface area (Å²) in [5, 5.41) is 13.5. The Kier molecular flexibility index (Phi) is 3.20. The van der Waals surface area contributed by atoms with E-state index >= 15 is 0 Å². The fourth-order valence-corrected chi connectivity index (χ4v) is 2.45. The molecular formula is C15H16N4. The molecule has 19 heavy (non-hydrogen) atoms. The summed E-state index contributed by atoms with van der Waals surface area (Å²) in [4.78, 5) is 2.19. The zero-order chi connectivity index (χ0) is 13.1. The smallest absolute Gasteiger partial charge is 0.150 e. The molecule has 0 bridgehead atoms. The predicted octanol–water partition coefficient (Wildman–Crippen LogP) is 2.28. The van der Waals surface area contributed by atoms with E-state index in [2.05, 4.69) is 28.2 Å². The summed E-state index contributed by atoms with van der Waals surface area (Å²) in [6.07, 6.45) is 2.95. The van der Waals surface area contributed by atoms with Crippen LogP contribution in [0.5, 0.6) is 0 Å². The average Bonchev–Trinajstić information content (AvgIpc) is 3.08. The molecule has 1 aliphatic heterocycles. The highest BCUT2D eigenvalue weighted by Crippen LogP contribution is 2.21. The molecule has 96 valence electrons. The van der Waals surface area contributed by atoms with Gasteiger partial charge in [0, 0.05) is 25.4 Å². The van der Waals surface area contributed by atoms with Crippen LogP contribution < -0.4 is 4.90 Å². The van der Waals surface area contributed by atoms with Crippen LogP contribution in [0.25, 0.3) is 0 Å². The molecule has 0 radical (unpaired) electrons. The van der Waals surface area contributed by atoms with Crippen molar-refractivity contribution in [2.45, 2.75) is 13.0 Å². The molecule has 0 spiro atoms. The molecule has 2 heterocycles. The Morgan fingerprint density at radius 1 is 1.26 bits per heavy atom. The maximum Gasteiger partial charge on any atom is 0.150 e. The molecule has 0 saturated carbocycles. The Balaban J connectivity index is 1.69. The number of nitrogens with zero attached hydrogens (tertiary/aromatic N) is 4. The van der Waals surface area contributed by atoms with Gasteiger partial charge in [-0.15, -0.1) is 0 Å². The Morgan fingerprint density at radius 3 is 2.84 bits per heavy atom. The molecule has 3 rings (SSSR count). The summed E-state index contributed by atoms with van der Waals surface area (Å²) in [6, 6.07) is 14.7. The van der Waals surface area contributed by atoms with Crippen molar-refractivity contribution in [1.29, 1.82) is 5.26 Å². The Bertz CT molecular complexity index is 582. The van der Waals surface area contributed by atoms with E-state index in [1.54, 1.807) is 0 Å². The van der Waals surface area contributed by atoms with E-state index in [0.717, 1.165) is 31.9 Å². The van der Waals surface area contributed by atoms with Gasteiger partial charge in [-0.1, -0.05) is 30.3 Å². The number of hydrogen-bond donors (Lipinski definition) is 0. The molecule has 1 aliphatic rings. The number of anilines is 1. The van der Waals surface area contributed by atoms with E-state index in [1.807, 2.05) is 35.1 Å². The molecule has 1 saturated heterocycles. The Labute approximate surface area is 112 Å². The van der Waals surface area contributed by atoms with Crippen LogP contribution in [-0.4, -0.2) is 22.9 Å². The lowest BCUT2D eigenvalue weighted by Crippen LogP contribution is -2.20. The first-order valence-corrected chi connectivity index (χ1v) is 6.57. The molecule has 1 aromatic heterocycles. The summed E-state index contributed by atoms with van der Waals surface area (Å²) in [5.41, 5.74) is 1.24. The van der Waals surface area contributed by atoms with E-state index in [0.29, 0.717) is 0 Å². The third kappa shape index (κ3) is 2.60. The molecule has 0 aliphatic carbocycles. The molecule has 4 heteroatoms. The summed E-state index contributed by atoms with van der Waals surface area (Å²) >= 11 is 0. The lowest BCUT2D eigenvalue weighted by Gasteiger charge is -2.13. The first kappa shape index (κ1) is 11.8. The number of nitriles is 1. The molecule has 1 aromatic carbocycles. The minimum atomic E-state index is 0.152. The Morgan fingerprint density at radius 2 is 2.11 bits per heavy atom. The predicted molar refractivity (Wildman–Crippen MR) is 73.7 cm³/mol. The van der Waals surface area contributed by atoms with E-state index in [1.165, 1.54) is 5.56 Å². The van der Waals surface area contributed by atoms with Crippen LogP contribution in [0.3, 0.4) is 0 Å². The molecule has 0 amide bonds. The van der Waals surface area contributed by atoms with Gasteiger partial charge >= 0.3 is 0 Å². The molecule has 1 unspecified atom stereocenters. The van der Waals surface area contributed by atoms with Gasteiger partial charge in [-0.2, -0.15) is 10.4 Å². The molecular weight excluding hydrogens is 236 g/mol. The van der Waals surface area contributed by atoms with Crippen LogP contribution in [-0.2, 0) is 6.54 Å². The van der Waals surface area contributed by atoms with Crippen molar-refractivity contribution >= 4 is 5.82 Å². The second-order valence-electron chi connectivity index (χ2n) is 4.92. The third-order valence-corrected chi connectivity index (χ3v) is 3.51. The second kappa shape index (κ2) is 5.15. The average molecular weight is 252 g/mol. The normalized spacial score (nSPS) is 18.5. The third-order valence-electron chi connectivity index (χ3n) is 3.51. The van der Waals surface area contributed by atoms with Crippen LogP contribution >= 0.6 is 0 Å². The van der Waals surface area contributed by atoms with Gasteiger partial charge in [0.1, 0.15) is 0 Å². The minimum absolute atomic E-state index is 0.152. The Hall–Kier alpha value is -2.28. The highest BCUT2D eigenvalue weighted by Gasteiger charge is 2.23. The van der Waals surface area contributed by atoms with Crippen molar-refractivity contribution in [3.63, 3.8) is 0 Å². The highest BCUT2D eigenvalue weighted by atomic mass is 15.3. The highest BCUT2D eigenvalue weighted by molar-refractivity contribution is 5.39. The van der Waals surface area contributed by atoms with E-state index in [4.69, 9.17) is 5.26 Å². The van der Waals surface area contributed by atoms with Gasteiger partial charge in [0.15, 0.2) is 5.82 Å². The standard InChI is InChI=1S/C15H16N4/c16-10-14-6-8-18(11-14)15-7-9-19(17-15)12-13-4-2-1-3-5-13/h1-5,7,9,14H,6,8,11-12H2. The molecule has 0 N–H and O–H groups in total. The van der Waals surface area contributed by atoms with Gasteiger partial charge in [-0.3, -0.25) is 4.68 Å². The molecule has 2 aromatic rings. The SMILES string of the molecule is N#CC1CCN(c2ccn(Cc3ccccc3)n2)C1. The van der Waals surface area contributed by atoms with Crippen molar-refractivity contribution in [3.8, 4) is 6.07 Å². The molecule has 1 fully saturated rings. The number of benzene rings is 1. The zero-order valence-electron chi connectivity index (χ0n) is 10.7. The summed E-state index contributed by atoms with van der Waals surface area (Å²) < 4.78 is 1.95. The molecule has 4 nitrogen and oxygen atoms in total. The summed E-state index contributed by atoms with van der Waals surface area (Å²) in [6.45, 7) is 2.52. The second-order valence-corrected chi connectivity index (χ2v) is 4.92. The number of rotatable bonds is 3. The largest absolute Gasteiger partial charge is 0.354 e. The van der Waals surface area contributed by atoms with Crippen molar-refractivity contribution in [2.75, 3.05) is 18.0 Å². The lowest BCUT2D eigenvalue weighted by molar-refractivity contribution is 0.680. The van der Waals surface area contributed by atoms with Crippen molar-refractivity contribution < 1.29 is 0 Å². The van der Waals surface area contributed by atoms with E-state index < -0.39 is 0 Å². The first-order chi connectivity index (χ1) is 9.35. The van der Waals surface area contributed by atoms with Gasteiger partial charge in [0.2, 0.25) is 0 Å². The van der Waals surface area contributed by atoms with Crippen LogP contribution in [0.1, 0.15) is 12.0 Å².